The third-order valence-corrected chi connectivity index (χ3v) is 4.23. The largest absolute Gasteiger partial charge is 0.261 e. The molecule has 3 rings (SSSR count). The molecule has 0 bridgehead atoms. The van der Waals surface area contributed by atoms with Crippen LogP contribution in [0.4, 0.5) is 0 Å². The van der Waals surface area contributed by atoms with Gasteiger partial charge in [-0.15, -0.1) is 0 Å². The van der Waals surface area contributed by atoms with Crippen LogP contribution in [0.2, 0.25) is 0 Å². The molecule has 0 spiro atoms. The lowest BCUT2D eigenvalue weighted by molar-refractivity contribution is 0.994. The summed E-state index contributed by atoms with van der Waals surface area (Å²) in [5, 5.41) is 0. The van der Waals surface area contributed by atoms with Gasteiger partial charge in [0.1, 0.15) is 5.84 Å². The summed E-state index contributed by atoms with van der Waals surface area (Å²) in [4.78, 5) is 13.2. The summed E-state index contributed by atoms with van der Waals surface area (Å²) in [5.74, 6) is 1.30. The van der Waals surface area contributed by atoms with Crippen molar-refractivity contribution in [2.45, 2.75) is 19.8 Å². The molecule has 2 aromatic rings. The monoisotopic (exact) mass is 341 g/mol. The Labute approximate surface area is 155 Å². The Hall–Kier alpha value is -3.07. The van der Waals surface area contributed by atoms with E-state index in [1.54, 1.807) is 0 Å². The van der Waals surface area contributed by atoms with E-state index in [4.69, 9.17) is 4.99 Å². The number of allylic oxidation sites excluding steroid dienone is 2. The first kappa shape index (κ1) is 17.7. The van der Waals surface area contributed by atoms with E-state index in [9.17, 15) is 0 Å². The molecule has 3 nitrogen and oxygen atoms in total. The molecular weight excluding hydrogens is 318 g/mol. The lowest BCUT2D eigenvalue weighted by Crippen LogP contribution is -2.03. The van der Waals surface area contributed by atoms with Crippen molar-refractivity contribution >= 4 is 18.4 Å². The molecule has 0 aliphatic heterocycles. The third-order valence-electron chi connectivity index (χ3n) is 4.23. The number of rotatable bonds is 4. The van der Waals surface area contributed by atoms with Gasteiger partial charge in [-0.1, -0.05) is 72.8 Å². The van der Waals surface area contributed by atoms with Crippen LogP contribution in [0.3, 0.4) is 0 Å². The zero-order valence-corrected chi connectivity index (χ0v) is 15.1. The van der Waals surface area contributed by atoms with Crippen LogP contribution in [0, 0.1) is 0 Å². The minimum absolute atomic E-state index is 0.615. The Balaban J connectivity index is 1.87. The zero-order chi connectivity index (χ0) is 18.2. The highest BCUT2D eigenvalue weighted by molar-refractivity contribution is 6.07. The first-order valence-electron chi connectivity index (χ1n) is 8.84. The number of hydrogen-bond acceptors (Lipinski definition) is 1. The van der Waals surface area contributed by atoms with Gasteiger partial charge in [-0.25, -0.2) is 9.98 Å². The molecular formula is C23H23N3. The molecule has 0 amide bonds. The highest BCUT2D eigenvalue weighted by Crippen LogP contribution is 2.20. The van der Waals surface area contributed by atoms with Gasteiger partial charge in [0, 0.05) is 5.56 Å². The van der Waals surface area contributed by atoms with E-state index in [2.05, 4.69) is 71.3 Å². The Morgan fingerprint density at radius 2 is 1.69 bits per heavy atom. The SMILES string of the molecule is C=NC(C)=NC(=NCC1=CCCC=C1)c1ccc(-c2ccccc2)cc1. The van der Waals surface area contributed by atoms with E-state index in [1.807, 2.05) is 25.1 Å². The fourth-order valence-electron chi connectivity index (χ4n) is 2.77. The summed E-state index contributed by atoms with van der Waals surface area (Å²) in [6.45, 7) is 6.01. The summed E-state index contributed by atoms with van der Waals surface area (Å²) < 4.78 is 0. The number of nitrogens with zero attached hydrogens (tertiary/aromatic N) is 3. The molecule has 0 fully saturated rings. The Bertz CT molecular complexity index is 869. The molecule has 0 saturated heterocycles. The Morgan fingerprint density at radius 1 is 0.962 bits per heavy atom. The van der Waals surface area contributed by atoms with Crippen molar-refractivity contribution in [1.82, 2.24) is 0 Å². The molecule has 0 saturated carbocycles. The zero-order valence-electron chi connectivity index (χ0n) is 15.1. The fraction of sp³-hybridized carbons (Fsp3) is 0.174. The lowest BCUT2D eigenvalue weighted by Gasteiger charge is -2.07. The van der Waals surface area contributed by atoms with Crippen LogP contribution in [0.1, 0.15) is 25.3 Å². The molecule has 0 radical (unpaired) electrons. The maximum absolute atomic E-state index is 4.73. The number of benzene rings is 2. The van der Waals surface area contributed by atoms with Gasteiger partial charge in [0.05, 0.1) is 6.54 Å². The minimum atomic E-state index is 0.615. The summed E-state index contributed by atoms with van der Waals surface area (Å²) in [6.07, 6.45) is 8.77. The van der Waals surface area contributed by atoms with Crippen molar-refractivity contribution in [3.63, 3.8) is 0 Å². The second-order valence-electron chi connectivity index (χ2n) is 6.16. The van der Waals surface area contributed by atoms with Gasteiger partial charge in [-0.2, -0.15) is 0 Å². The lowest BCUT2D eigenvalue weighted by atomic mass is 10.0. The van der Waals surface area contributed by atoms with Crippen molar-refractivity contribution in [2.24, 2.45) is 15.0 Å². The van der Waals surface area contributed by atoms with Crippen molar-refractivity contribution in [3.05, 3.63) is 84.0 Å². The fourth-order valence-corrected chi connectivity index (χ4v) is 2.77. The first-order chi connectivity index (χ1) is 12.8. The van der Waals surface area contributed by atoms with Crippen molar-refractivity contribution < 1.29 is 0 Å². The average molecular weight is 341 g/mol. The van der Waals surface area contributed by atoms with Crippen LogP contribution in [-0.4, -0.2) is 24.9 Å². The van der Waals surface area contributed by atoms with Crippen molar-refractivity contribution in [2.75, 3.05) is 6.54 Å². The molecule has 1 aliphatic carbocycles. The summed E-state index contributed by atoms with van der Waals surface area (Å²) in [5.41, 5.74) is 4.58. The van der Waals surface area contributed by atoms with Crippen molar-refractivity contribution in [1.29, 1.82) is 0 Å². The molecule has 0 N–H and O–H groups in total. The molecule has 26 heavy (non-hydrogen) atoms. The topological polar surface area (TPSA) is 37.1 Å². The van der Waals surface area contributed by atoms with E-state index in [0.29, 0.717) is 18.2 Å². The quantitative estimate of drug-likeness (QED) is 0.520. The first-order valence-corrected chi connectivity index (χ1v) is 8.84. The Kier molecular flexibility index (Phi) is 6.05. The summed E-state index contributed by atoms with van der Waals surface area (Å²) in [6, 6.07) is 18.7. The van der Waals surface area contributed by atoms with Crippen molar-refractivity contribution in [3.8, 4) is 11.1 Å². The van der Waals surface area contributed by atoms with E-state index in [0.717, 1.165) is 18.4 Å². The maximum Gasteiger partial charge on any atom is 0.157 e. The van der Waals surface area contributed by atoms with Crippen LogP contribution in [0.5, 0.6) is 0 Å². The van der Waals surface area contributed by atoms with E-state index in [1.165, 1.54) is 16.7 Å². The molecule has 130 valence electrons. The molecule has 3 heteroatoms. The van der Waals surface area contributed by atoms with Gasteiger partial charge in [0.2, 0.25) is 0 Å². The minimum Gasteiger partial charge on any atom is -0.261 e. The third kappa shape index (κ3) is 4.73. The number of aliphatic imine (C=N–C) groups is 3. The molecule has 0 unspecified atom stereocenters. The predicted molar refractivity (Wildman–Crippen MR) is 112 cm³/mol. The summed E-state index contributed by atoms with van der Waals surface area (Å²) in [7, 11) is 0. The van der Waals surface area contributed by atoms with Gasteiger partial charge in [-0.3, -0.25) is 4.99 Å². The maximum atomic E-state index is 4.73. The van der Waals surface area contributed by atoms with Crippen LogP contribution in [0.25, 0.3) is 11.1 Å². The average Bonchev–Trinajstić information content (AvgIpc) is 2.72. The highest BCUT2D eigenvalue weighted by atomic mass is 15.0. The van der Waals surface area contributed by atoms with E-state index in [-0.39, 0.29) is 0 Å². The molecule has 0 aromatic heterocycles. The van der Waals surface area contributed by atoms with Gasteiger partial charge in [0.15, 0.2) is 5.84 Å². The number of amidine groups is 2. The summed E-state index contributed by atoms with van der Waals surface area (Å²) >= 11 is 0. The van der Waals surface area contributed by atoms with E-state index < -0.39 is 0 Å². The smallest absolute Gasteiger partial charge is 0.157 e. The van der Waals surface area contributed by atoms with Gasteiger partial charge >= 0.3 is 0 Å². The van der Waals surface area contributed by atoms with E-state index >= 15 is 0 Å². The number of hydrogen-bond donors (Lipinski definition) is 0. The highest BCUT2D eigenvalue weighted by Gasteiger charge is 2.05. The standard InChI is InChI=1S/C23H23N3/c1-18(24-2)26-23(25-17-19-9-5-3-6-10-19)22-15-13-21(14-16-22)20-11-7-4-8-12-20/h4-5,7-16H,2-3,6,17H2,1H3. The van der Waals surface area contributed by atoms with Gasteiger partial charge < -0.3 is 0 Å². The Morgan fingerprint density at radius 3 is 2.35 bits per heavy atom. The predicted octanol–water partition coefficient (Wildman–Crippen LogP) is 5.50. The van der Waals surface area contributed by atoms with Crippen LogP contribution in [-0.2, 0) is 0 Å². The second-order valence-corrected chi connectivity index (χ2v) is 6.16. The van der Waals surface area contributed by atoms with Gasteiger partial charge in [0.25, 0.3) is 0 Å². The molecule has 2 aromatic carbocycles. The van der Waals surface area contributed by atoms with Crippen LogP contribution >= 0.6 is 0 Å². The van der Waals surface area contributed by atoms with Crippen LogP contribution in [0.15, 0.2) is 93.4 Å². The second kappa shape index (κ2) is 8.86. The van der Waals surface area contributed by atoms with Crippen LogP contribution < -0.4 is 0 Å². The molecule has 1 aliphatic rings. The van der Waals surface area contributed by atoms with Gasteiger partial charge in [-0.05, 0) is 43.2 Å². The molecule has 0 atom stereocenters. The normalized spacial score (nSPS) is 14.9. The molecule has 0 heterocycles.